The highest BCUT2D eigenvalue weighted by molar-refractivity contribution is 7.98. The summed E-state index contributed by atoms with van der Waals surface area (Å²) >= 11 is 1.76. The number of likely N-dealkylation sites (tertiary alicyclic amines) is 1. The zero-order chi connectivity index (χ0) is 14.1. The number of rotatable bonds is 3. The van der Waals surface area contributed by atoms with Gasteiger partial charge >= 0.3 is 0 Å². The van der Waals surface area contributed by atoms with Gasteiger partial charge in [-0.3, -0.25) is 4.90 Å². The minimum atomic E-state index is 0. The lowest BCUT2D eigenvalue weighted by molar-refractivity contribution is 0.170. The molecule has 6 heteroatoms. The summed E-state index contributed by atoms with van der Waals surface area (Å²) in [7, 11) is 0. The molecule has 2 atom stereocenters. The molecule has 0 bridgehead atoms. The number of fused-ring (bicyclic) bond motifs is 1. The van der Waals surface area contributed by atoms with E-state index in [9.17, 15) is 0 Å². The fraction of sp³-hybridized carbons (Fsp3) is 0.600. The molecule has 4 nitrogen and oxygen atoms in total. The number of benzene rings is 1. The summed E-state index contributed by atoms with van der Waals surface area (Å²) in [6, 6.07) is 4.54. The monoisotopic (exact) mass is 330 g/mol. The molecule has 0 aromatic heterocycles. The summed E-state index contributed by atoms with van der Waals surface area (Å²) < 4.78 is 11.3. The van der Waals surface area contributed by atoms with Crippen molar-refractivity contribution in [1.82, 2.24) is 4.90 Å². The molecule has 2 aliphatic heterocycles. The Balaban J connectivity index is 0.00000161. The van der Waals surface area contributed by atoms with Gasteiger partial charge in [0.05, 0.1) is 0 Å². The molecule has 0 spiro atoms. The number of thioether (sulfide) groups is 1. The Morgan fingerprint density at radius 1 is 1.24 bits per heavy atom. The molecule has 0 aliphatic carbocycles. The Labute approximate surface area is 136 Å². The van der Waals surface area contributed by atoms with E-state index in [0.717, 1.165) is 31.1 Å². The fourth-order valence-electron chi connectivity index (χ4n) is 2.89. The van der Waals surface area contributed by atoms with Gasteiger partial charge in [-0.25, -0.2) is 0 Å². The van der Waals surface area contributed by atoms with Crippen LogP contribution in [-0.2, 0) is 6.54 Å². The fourth-order valence-corrected chi connectivity index (χ4v) is 3.50. The van der Waals surface area contributed by atoms with Crippen molar-refractivity contribution < 1.29 is 9.47 Å². The highest BCUT2D eigenvalue weighted by Crippen LogP contribution is 2.37. The van der Waals surface area contributed by atoms with E-state index in [1.807, 2.05) is 0 Å². The van der Waals surface area contributed by atoms with Gasteiger partial charge < -0.3 is 15.2 Å². The SMILES string of the molecule is CSc1cc2c(cc1CN1CC(C)C(N)C1)OCCO2.Cl. The molecule has 21 heavy (non-hydrogen) atoms. The van der Waals surface area contributed by atoms with Crippen LogP contribution < -0.4 is 15.2 Å². The molecule has 1 aromatic carbocycles. The number of hydrogen-bond acceptors (Lipinski definition) is 5. The molecule has 1 saturated heterocycles. The van der Waals surface area contributed by atoms with Crippen LogP contribution in [0.3, 0.4) is 0 Å². The third-order valence-electron chi connectivity index (χ3n) is 4.09. The predicted octanol–water partition coefficient (Wildman–Crippen LogP) is 2.38. The Hall–Kier alpha value is -0.620. The molecule has 2 N–H and O–H groups in total. The van der Waals surface area contributed by atoms with Crippen LogP contribution in [0.25, 0.3) is 0 Å². The summed E-state index contributed by atoms with van der Waals surface area (Å²) in [6.45, 7) is 6.48. The first-order chi connectivity index (χ1) is 9.67. The predicted molar refractivity (Wildman–Crippen MR) is 88.9 cm³/mol. The first-order valence-electron chi connectivity index (χ1n) is 7.12. The summed E-state index contributed by atoms with van der Waals surface area (Å²) in [5.74, 6) is 2.32. The van der Waals surface area contributed by atoms with Crippen molar-refractivity contribution >= 4 is 24.2 Å². The molecule has 3 rings (SSSR count). The first-order valence-corrected chi connectivity index (χ1v) is 8.34. The molecule has 118 valence electrons. The minimum Gasteiger partial charge on any atom is -0.486 e. The quantitative estimate of drug-likeness (QED) is 0.862. The smallest absolute Gasteiger partial charge is 0.162 e. The van der Waals surface area contributed by atoms with Crippen LogP contribution >= 0.6 is 24.2 Å². The second kappa shape index (κ2) is 7.09. The van der Waals surface area contributed by atoms with Gasteiger partial charge in [0.15, 0.2) is 11.5 Å². The molecular formula is C15H23ClN2O2S. The molecule has 0 amide bonds. The summed E-state index contributed by atoms with van der Waals surface area (Å²) in [6.07, 6.45) is 2.10. The van der Waals surface area contributed by atoms with E-state index >= 15 is 0 Å². The normalized spacial score (nSPS) is 24.7. The van der Waals surface area contributed by atoms with Crippen molar-refractivity contribution in [3.05, 3.63) is 17.7 Å². The standard InChI is InChI=1S/C15H22N2O2S.ClH/c1-10-7-17(9-12(10)16)8-11-5-13-14(6-15(11)20-2)19-4-3-18-13;/h5-6,10,12H,3-4,7-9,16H2,1-2H3;1H. The van der Waals surface area contributed by atoms with Gasteiger partial charge in [-0.1, -0.05) is 6.92 Å². The third kappa shape index (κ3) is 3.59. The number of halogens is 1. The highest BCUT2D eigenvalue weighted by Gasteiger charge is 2.27. The minimum absolute atomic E-state index is 0. The van der Waals surface area contributed by atoms with Crippen molar-refractivity contribution in [3.63, 3.8) is 0 Å². The first kappa shape index (κ1) is 16.7. The Kier molecular flexibility index (Phi) is 5.66. The van der Waals surface area contributed by atoms with E-state index < -0.39 is 0 Å². The topological polar surface area (TPSA) is 47.7 Å². The van der Waals surface area contributed by atoms with Gasteiger partial charge in [0.25, 0.3) is 0 Å². The summed E-state index contributed by atoms with van der Waals surface area (Å²) in [5, 5.41) is 0. The lowest BCUT2D eigenvalue weighted by atomic mass is 10.1. The second-order valence-corrected chi connectivity index (χ2v) is 6.49. The van der Waals surface area contributed by atoms with E-state index in [0.29, 0.717) is 25.2 Å². The lowest BCUT2D eigenvalue weighted by Gasteiger charge is -2.23. The van der Waals surface area contributed by atoms with Crippen molar-refractivity contribution in [1.29, 1.82) is 0 Å². The van der Waals surface area contributed by atoms with E-state index in [1.165, 1.54) is 10.5 Å². The third-order valence-corrected chi connectivity index (χ3v) is 4.91. The van der Waals surface area contributed by atoms with Gasteiger partial charge in [0.2, 0.25) is 0 Å². The molecule has 1 aromatic rings. The van der Waals surface area contributed by atoms with Crippen molar-refractivity contribution in [2.75, 3.05) is 32.6 Å². The molecule has 1 fully saturated rings. The largest absolute Gasteiger partial charge is 0.486 e. The van der Waals surface area contributed by atoms with Crippen molar-refractivity contribution in [2.45, 2.75) is 24.4 Å². The number of nitrogens with two attached hydrogens (primary N) is 1. The second-order valence-electron chi connectivity index (χ2n) is 5.64. The van der Waals surface area contributed by atoms with Gasteiger partial charge in [0, 0.05) is 30.6 Å². The van der Waals surface area contributed by atoms with Crippen LogP contribution in [0.4, 0.5) is 0 Å². The zero-order valence-corrected chi connectivity index (χ0v) is 14.1. The molecule has 2 unspecified atom stereocenters. The molecule has 0 radical (unpaired) electrons. The molecule has 2 heterocycles. The van der Waals surface area contributed by atoms with Gasteiger partial charge in [-0.15, -0.1) is 24.2 Å². The van der Waals surface area contributed by atoms with Gasteiger partial charge in [-0.05, 0) is 29.9 Å². The molecule has 2 aliphatic rings. The van der Waals surface area contributed by atoms with Gasteiger partial charge in [0.1, 0.15) is 13.2 Å². The lowest BCUT2D eigenvalue weighted by Crippen LogP contribution is -2.28. The van der Waals surface area contributed by atoms with Crippen LogP contribution in [0, 0.1) is 5.92 Å². The maximum atomic E-state index is 6.11. The maximum absolute atomic E-state index is 6.11. The summed E-state index contributed by atoms with van der Waals surface area (Å²) in [4.78, 5) is 3.70. The zero-order valence-electron chi connectivity index (χ0n) is 12.5. The van der Waals surface area contributed by atoms with Crippen LogP contribution in [0.15, 0.2) is 17.0 Å². The average Bonchev–Trinajstić information content (AvgIpc) is 2.76. The van der Waals surface area contributed by atoms with E-state index in [4.69, 9.17) is 15.2 Å². The summed E-state index contributed by atoms with van der Waals surface area (Å²) in [5.41, 5.74) is 7.42. The number of nitrogens with zero attached hydrogens (tertiary/aromatic N) is 1. The molecule has 0 saturated carbocycles. The van der Waals surface area contributed by atoms with Gasteiger partial charge in [-0.2, -0.15) is 0 Å². The number of ether oxygens (including phenoxy) is 2. The molecular weight excluding hydrogens is 308 g/mol. The van der Waals surface area contributed by atoms with Crippen LogP contribution in [0.1, 0.15) is 12.5 Å². The van der Waals surface area contributed by atoms with Crippen LogP contribution in [-0.4, -0.2) is 43.5 Å². The van der Waals surface area contributed by atoms with Crippen molar-refractivity contribution in [2.24, 2.45) is 11.7 Å². The van der Waals surface area contributed by atoms with Crippen LogP contribution in [0.2, 0.25) is 0 Å². The van der Waals surface area contributed by atoms with E-state index in [1.54, 1.807) is 11.8 Å². The Morgan fingerprint density at radius 3 is 2.48 bits per heavy atom. The van der Waals surface area contributed by atoms with E-state index in [2.05, 4.69) is 30.2 Å². The van der Waals surface area contributed by atoms with Crippen LogP contribution in [0.5, 0.6) is 11.5 Å². The highest BCUT2D eigenvalue weighted by atomic mass is 35.5. The maximum Gasteiger partial charge on any atom is 0.162 e. The Morgan fingerprint density at radius 2 is 1.90 bits per heavy atom. The average molecular weight is 331 g/mol. The van der Waals surface area contributed by atoms with Crippen molar-refractivity contribution in [3.8, 4) is 11.5 Å². The number of hydrogen-bond donors (Lipinski definition) is 1. The van der Waals surface area contributed by atoms with E-state index in [-0.39, 0.29) is 12.4 Å². The Bertz CT molecular complexity index is 491.